The Labute approximate surface area is 75.3 Å². The minimum absolute atomic E-state index is 0.143. The van der Waals surface area contributed by atoms with Gasteiger partial charge in [-0.3, -0.25) is 0 Å². The maximum Gasteiger partial charge on any atom is 0.100 e. The van der Waals surface area contributed by atoms with Gasteiger partial charge < -0.3 is 5.32 Å². The molecule has 1 aromatic rings. The molecule has 1 aromatic carbocycles. The fourth-order valence-corrected chi connectivity index (χ4v) is 1.02. The summed E-state index contributed by atoms with van der Waals surface area (Å²) >= 11 is 3.38. The first-order valence-corrected chi connectivity index (χ1v) is 4.32. The highest BCUT2D eigenvalue weighted by molar-refractivity contribution is 9.09. The number of anilines is 1. The fraction of sp³-hybridized carbons (Fsp3) is 0.111. The molecule has 1 rings (SSSR count). The van der Waals surface area contributed by atoms with Gasteiger partial charge in [0.15, 0.2) is 0 Å². The third-order valence-electron chi connectivity index (χ3n) is 1.29. The summed E-state index contributed by atoms with van der Waals surface area (Å²) in [4.78, 5) is 0.143. The Balaban J connectivity index is 2.57. The number of halogens is 1. The van der Waals surface area contributed by atoms with E-state index in [4.69, 9.17) is 0 Å². The van der Waals surface area contributed by atoms with Crippen LogP contribution in [0.4, 0.5) is 5.69 Å². The van der Waals surface area contributed by atoms with E-state index < -0.39 is 0 Å². The first kappa shape index (κ1) is 8.34. The highest BCUT2D eigenvalue weighted by Gasteiger charge is 1.94. The Bertz CT molecular complexity index is 220. The number of rotatable bonds is 3. The van der Waals surface area contributed by atoms with E-state index in [-0.39, 0.29) is 4.95 Å². The average Bonchev–Trinajstić information content (AvgIpc) is 2.06. The number of hydrogen-bond donors (Lipinski definition) is 1. The molecule has 0 radical (unpaired) electrons. The monoisotopic (exact) mass is 211 g/mol. The van der Waals surface area contributed by atoms with Crippen LogP contribution < -0.4 is 5.32 Å². The van der Waals surface area contributed by atoms with E-state index in [1.54, 1.807) is 6.08 Å². The number of para-hydroxylation sites is 1. The summed E-state index contributed by atoms with van der Waals surface area (Å²) in [7, 11) is 0. The summed E-state index contributed by atoms with van der Waals surface area (Å²) in [6.45, 7) is 3.65. The third-order valence-corrected chi connectivity index (χ3v) is 1.89. The molecule has 0 aliphatic heterocycles. The van der Waals surface area contributed by atoms with Crippen LogP contribution in [-0.2, 0) is 0 Å². The minimum Gasteiger partial charge on any atom is -0.370 e. The molecule has 11 heavy (non-hydrogen) atoms. The molecule has 0 amide bonds. The van der Waals surface area contributed by atoms with E-state index in [1.165, 1.54) is 0 Å². The molecule has 1 atom stereocenters. The van der Waals surface area contributed by atoms with Crippen LogP contribution in [0.5, 0.6) is 0 Å². The lowest BCUT2D eigenvalue weighted by atomic mass is 10.3. The van der Waals surface area contributed by atoms with E-state index in [9.17, 15) is 0 Å². The molecule has 1 N–H and O–H groups in total. The summed E-state index contributed by atoms with van der Waals surface area (Å²) in [5.74, 6) is 0. The van der Waals surface area contributed by atoms with Crippen LogP contribution in [0.15, 0.2) is 43.0 Å². The van der Waals surface area contributed by atoms with Crippen LogP contribution in [0, 0.1) is 0 Å². The van der Waals surface area contributed by atoms with Gasteiger partial charge in [-0.1, -0.05) is 40.2 Å². The topological polar surface area (TPSA) is 12.0 Å². The molecule has 0 saturated heterocycles. The Morgan fingerprint density at radius 1 is 1.36 bits per heavy atom. The molecule has 0 bridgehead atoms. The smallest absolute Gasteiger partial charge is 0.100 e. The lowest BCUT2D eigenvalue weighted by Gasteiger charge is -2.07. The normalized spacial score (nSPS) is 12.1. The van der Waals surface area contributed by atoms with Gasteiger partial charge in [0, 0.05) is 5.69 Å². The fourth-order valence-electron chi connectivity index (χ4n) is 0.753. The summed E-state index contributed by atoms with van der Waals surface area (Å²) in [6.07, 6.45) is 1.80. The predicted octanol–water partition coefficient (Wildman–Crippen LogP) is 3.01. The van der Waals surface area contributed by atoms with Crippen molar-refractivity contribution in [2.75, 3.05) is 5.32 Å². The third kappa shape index (κ3) is 2.76. The molecule has 0 spiro atoms. The van der Waals surface area contributed by atoms with Gasteiger partial charge in [0.1, 0.15) is 4.95 Å². The zero-order chi connectivity index (χ0) is 8.10. The van der Waals surface area contributed by atoms with Crippen molar-refractivity contribution in [3.63, 3.8) is 0 Å². The number of hydrogen-bond acceptors (Lipinski definition) is 1. The summed E-state index contributed by atoms with van der Waals surface area (Å²) in [5, 5.41) is 3.19. The molecular weight excluding hydrogens is 202 g/mol. The average molecular weight is 212 g/mol. The second-order valence-electron chi connectivity index (χ2n) is 2.15. The van der Waals surface area contributed by atoms with E-state index in [2.05, 4.69) is 27.8 Å². The van der Waals surface area contributed by atoms with Gasteiger partial charge in [-0.05, 0) is 12.1 Å². The maximum atomic E-state index is 3.65. The van der Waals surface area contributed by atoms with Gasteiger partial charge in [-0.25, -0.2) is 0 Å². The van der Waals surface area contributed by atoms with Crippen molar-refractivity contribution in [1.82, 2.24) is 0 Å². The van der Waals surface area contributed by atoms with Crippen molar-refractivity contribution in [3.8, 4) is 0 Å². The van der Waals surface area contributed by atoms with Gasteiger partial charge >= 0.3 is 0 Å². The lowest BCUT2D eigenvalue weighted by molar-refractivity contribution is 1.28. The molecule has 0 aliphatic rings. The van der Waals surface area contributed by atoms with Crippen LogP contribution in [0.3, 0.4) is 0 Å². The van der Waals surface area contributed by atoms with Crippen LogP contribution in [0.25, 0.3) is 0 Å². The predicted molar refractivity (Wildman–Crippen MR) is 53.0 cm³/mol. The van der Waals surface area contributed by atoms with Crippen LogP contribution >= 0.6 is 15.9 Å². The van der Waals surface area contributed by atoms with Gasteiger partial charge in [0.05, 0.1) is 0 Å². The highest BCUT2D eigenvalue weighted by atomic mass is 79.9. The largest absolute Gasteiger partial charge is 0.370 e. The molecule has 1 nitrogen and oxygen atoms in total. The summed E-state index contributed by atoms with van der Waals surface area (Å²) < 4.78 is 0. The summed E-state index contributed by atoms with van der Waals surface area (Å²) in [6, 6.07) is 9.99. The Hall–Kier alpha value is -0.760. The van der Waals surface area contributed by atoms with Gasteiger partial charge in [-0.15, -0.1) is 6.58 Å². The van der Waals surface area contributed by atoms with E-state index >= 15 is 0 Å². The molecular formula is C9H10BrN. The first-order valence-electron chi connectivity index (χ1n) is 3.41. The van der Waals surface area contributed by atoms with Crippen molar-refractivity contribution < 1.29 is 0 Å². The standard InChI is InChI=1S/C9H10BrN/c1-2-9(10)11-8-6-4-3-5-7-8/h2-7,9,11H,1H2. The Morgan fingerprint density at radius 3 is 2.55 bits per heavy atom. The van der Waals surface area contributed by atoms with Crippen molar-refractivity contribution in [3.05, 3.63) is 43.0 Å². The molecule has 0 heterocycles. The number of benzene rings is 1. The van der Waals surface area contributed by atoms with Crippen molar-refractivity contribution in [1.29, 1.82) is 0 Å². The number of alkyl halides is 1. The van der Waals surface area contributed by atoms with Crippen molar-refractivity contribution in [2.24, 2.45) is 0 Å². The van der Waals surface area contributed by atoms with E-state index in [0.717, 1.165) is 5.69 Å². The van der Waals surface area contributed by atoms with Gasteiger partial charge in [-0.2, -0.15) is 0 Å². The lowest BCUT2D eigenvalue weighted by Crippen LogP contribution is -2.06. The maximum absolute atomic E-state index is 3.65. The SMILES string of the molecule is C=CC(Br)Nc1ccccc1. The molecule has 0 aliphatic carbocycles. The Kier molecular flexibility index (Phi) is 3.17. The van der Waals surface area contributed by atoms with Crippen LogP contribution in [0.1, 0.15) is 0 Å². The molecule has 0 aromatic heterocycles. The van der Waals surface area contributed by atoms with Crippen molar-refractivity contribution >= 4 is 21.6 Å². The second-order valence-corrected chi connectivity index (χ2v) is 3.13. The second kappa shape index (κ2) is 4.19. The quantitative estimate of drug-likeness (QED) is 0.461. The molecule has 0 saturated carbocycles. The molecule has 2 heteroatoms. The van der Waals surface area contributed by atoms with Crippen molar-refractivity contribution in [2.45, 2.75) is 4.95 Å². The van der Waals surface area contributed by atoms with Gasteiger partial charge in [0.25, 0.3) is 0 Å². The zero-order valence-corrected chi connectivity index (χ0v) is 7.71. The highest BCUT2D eigenvalue weighted by Crippen LogP contribution is 2.10. The Morgan fingerprint density at radius 2 is 2.00 bits per heavy atom. The molecule has 1 unspecified atom stereocenters. The zero-order valence-electron chi connectivity index (χ0n) is 6.13. The van der Waals surface area contributed by atoms with Gasteiger partial charge in [0.2, 0.25) is 0 Å². The minimum atomic E-state index is 0.143. The summed E-state index contributed by atoms with van der Waals surface area (Å²) in [5.41, 5.74) is 1.09. The molecule has 0 fully saturated rings. The molecule has 58 valence electrons. The van der Waals surface area contributed by atoms with Crippen LogP contribution in [-0.4, -0.2) is 4.95 Å². The van der Waals surface area contributed by atoms with Crippen LogP contribution in [0.2, 0.25) is 0 Å². The van der Waals surface area contributed by atoms with E-state index in [1.807, 2.05) is 30.3 Å². The first-order chi connectivity index (χ1) is 5.33. The van der Waals surface area contributed by atoms with E-state index in [0.29, 0.717) is 0 Å². The number of nitrogens with one attached hydrogen (secondary N) is 1.